The minimum absolute atomic E-state index is 0.909. The van der Waals surface area contributed by atoms with Gasteiger partial charge in [-0.05, 0) is 18.9 Å². The number of aromatic nitrogens is 3. The molecule has 0 saturated heterocycles. The van der Waals surface area contributed by atoms with Crippen LogP contribution in [0.2, 0.25) is 0 Å². The lowest BCUT2D eigenvalue weighted by Crippen LogP contribution is -2.08. The van der Waals surface area contributed by atoms with E-state index < -0.39 is 0 Å². The third kappa shape index (κ3) is 3.52. The van der Waals surface area contributed by atoms with E-state index in [2.05, 4.69) is 35.5 Å². The largest absolute Gasteiger partial charge is 0.370 e. The van der Waals surface area contributed by atoms with Gasteiger partial charge in [-0.2, -0.15) is 9.61 Å². The molecule has 1 N–H and O–H groups in total. The maximum absolute atomic E-state index is 4.69. The number of hydrogen-bond acceptors (Lipinski definition) is 3. The van der Waals surface area contributed by atoms with E-state index in [1.165, 1.54) is 25.7 Å². The standard InChI is InChI=1S/C19H24N4/c1-3-4-5-9-12-20-18-13-15(2)22-19-17(14-21-23(18)19)16-10-7-6-8-11-16/h6-8,10-11,13-14,20H,3-5,9,12H2,1-2H3. The van der Waals surface area contributed by atoms with E-state index in [9.17, 15) is 0 Å². The first-order valence-corrected chi connectivity index (χ1v) is 8.44. The van der Waals surface area contributed by atoms with Crippen LogP contribution in [0.5, 0.6) is 0 Å². The van der Waals surface area contributed by atoms with Crippen LogP contribution in [-0.4, -0.2) is 21.1 Å². The highest BCUT2D eigenvalue weighted by Crippen LogP contribution is 2.25. The second-order valence-electron chi connectivity index (χ2n) is 5.93. The normalized spacial score (nSPS) is 11.0. The van der Waals surface area contributed by atoms with E-state index in [0.717, 1.165) is 34.8 Å². The molecule has 0 spiro atoms. The molecule has 2 heterocycles. The van der Waals surface area contributed by atoms with Crippen molar-refractivity contribution in [1.29, 1.82) is 0 Å². The average molecular weight is 308 g/mol. The van der Waals surface area contributed by atoms with Gasteiger partial charge in [-0.25, -0.2) is 4.98 Å². The Hall–Kier alpha value is -2.36. The van der Waals surface area contributed by atoms with Crippen LogP contribution in [-0.2, 0) is 0 Å². The van der Waals surface area contributed by atoms with E-state index in [-0.39, 0.29) is 0 Å². The molecule has 0 atom stereocenters. The summed E-state index contributed by atoms with van der Waals surface area (Å²) in [6.45, 7) is 5.24. The predicted molar refractivity (Wildman–Crippen MR) is 95.8 cm³/mol. The van der Waals surface area contributed by atoms with Crippen LogP contribution in [0.3, 0.4) is 0 Å². The van der Waals surface area contributed by atoms with E-state index in [1.54, 1.807) is 0 Å². The lowest BCUT2D eigenvalue weighted by molar-refractivity contribution is 0.683. The number of nitrogens with one attached hydrogen (secondary N) is 1. The van der Waals surface area contributed by atoms with Gasteiger partial charge in [-0.1, -0.05) is 56.5 Å². The molecule has 2 aromatic heterocycles. The van der Waals surface area contributed by atoms with Gasteiger partial charge < -0.3 is 5.32 Å². The summed E-state index contributed by atoms with van der Waals surface area (Å²) in [6.07, 6.45) is 6.92. The van der Waals surface area contributed by atoms with Gasteiger partial charge in [0.2, 0.25) is 0 Å². The summed E-state index contributed by atoms with van der Waals surface area (Å²) in [7, 11) is 0. The summed E-state index contributed by atoms with van der Waals surface area (Å²) in [5.41, 5.74) is 4.14. The SMILES string of the molecule is CCCCCCNc1cc(C)nc2c(-c3ccccc3)cnn12. The van der Waals surface area contributed by atoms with Crippen LogP contribution in [0, 0.1) is 6.92 Å². The minimum atomic E-state index is 0.909. The number of benzene rings is 1. The Bertz CT molecular complexity index is 762. The summed E-state index contributed by atoms with van der Waals surface area (Å²) >= 11 is 0. The molecule has 3 rings (SSSR count). The number of hydrogen-bond donors (Lipinski definition) is 1. The maximum atomic E-state index is 4.69. The molecule has 0 saturated carbocycles. The summed E-state index contributed by atoms with van der Waals surface area (Å²) in [5, 5.41) is 8.06. The molecule has 3 aromatic rings. The molecule has 4 nitrogen and oxygen atoms in total. The molecule has 23 heavy (non-hydrogen) atoms. The Kier molecular flexibility index (Phi) is 4.91. The van der Waals surface area contributed by atoms with Gasteiger partial charge in [0.15, 0.2) is 5.65 Å². The molecule has 0 aliphatic rings. The van der Waals surface area contributed by atoms with Crippen LogP contribution >= 0.6 is 0 Å². The Balaban J connectivity index is 1.87. The van der Waals surface area contributed by atoms with Gasteiger partial charge in [0.1, 0.15) is 5.82 Å². The molecule has 120 valence electrons. The first-order chi connectivity index (χ1) is 11.3. The van der Waals surface area contributed by atoms with E-state index >= 15 is 0 Å². The molecule has 0 amide bonds. The smallest absolute Gasteiger partial charge is 0.165 e. The third-order valence-electron chi connectivity index (χ3n) is 4.02. The van der Waals surface area contributed by atoms with Crippen LogP contribution in [0.15, 0.2) is 42.6 Å². The predicted octanol–water partition coefficient (Wildman–Crippen LogP) is 4.70. The molecule has 0 fully saturated rings. The van der Waals surface area contributed by atoms with Gasteiger partial charge in [-0.15, -0.1) is 0 Å². The molecule has 0 aliphatic carbocycles. The third-order valence-corrected chi connectivity index (χ3v) is 4.02. The van der Waals surface area contributed by atoms with Gasteiger partial charge in [0.25, 0.3) is 0 Å². The van der Waals surface area contributed by atoms with Gasteiger partial charge in [0.05, 0.1) is 6.20 Å². The number of rotatable bonds is 7. The molecule has 0 unspecified atom stereocenters. The van der Waals surface area contributed by atoms with Crippen molar-refractivity contribution in [3.05, 3.63) is 48.3 Å². The number of aryl methyl sites for hydroxylation is 1. The zero-order valence-electron chi connectivity index (χ0n) is 13.9. The van der Waals surface area contributed by atoms with Crippen LogP contribution in [0.1, 0.15) is 38.3 Å². The zero-order valence-corrected chi connectivity index (χ0v) is 13.9. The second-order valence-corrected chi connectivity index (χ2v) is 5.93. The number of anilines is 1. The quantitative estimate of drug-likeness (QED) is 0.643. The Morgan fingerprint density at radius 1 is 1.09 bits per heavy atom. The van der Waals surface area contributed by atoms with E-state index in [1.807, 2.05) is 35.8 Å². The van der Waals surface area contributed by atoms with Crippen molar-refractivity contribution in [2.75, 3.05) is 11.9 Å². The fourth-order valence-electron chi connectivity index (χ4n) is 2.80. The molecule has 1 aromatic carbocycles. The van der Waals surface area contributed by atoms with Crippen molar-refractivity contribution in [2.45, 2.75) is 39.5 Å². The van der Waals surface area contributed by atoms with E-state index in [0.29, 0.717) is 0 Å². The molecular formula is C19H24N4. The van der Waals surface area contributed by atoms with Crippen molar-refractivity contribution in [3.63, 3.8) is 0 Å². The zero-order chi connectivity index (χ0) is 16.1. The Morgan fingerprint density at radius 3 is 2.70 bits per heavy atom. The van der Waals surface area contributed by atoms with Crippen molar-refractivity contribution < 1.29 is 0 Å². The highest BCUT2D eigenvalue weighted by molar-refractivity contribution is 5.78. The first-order valence-electron chi connectivity index (χ1n) is 8.44. The summed E-state index contributed by atoms with van der Waals surface area (Å²) in [5.74, 6) is 1.02. The average Bonchev–Trinajstić information content (AvgIpc) is 2.99. The minimum Gasteiger partial charge on any atom is -0.370 e. The van der Waals surface area contributed by atoms with Gasteiger partial charge >= 0.3 is 0 Å². The van der Waals surface area contributed by atoms with Crippen LogP contribution in [0.25, 0.3) is 16.8 Å². The highest BCUT2D eigenvalue weighted by atomic mass is 15.3. The molecule has 0 radical (unpaired) electrons. The summed E-state index contributed by atoms with van der Waals surface area (Å²) in [6, 6.07) is 12.4. The van der Waals surface area contributed by atoms with Crippen molar-refractivity contribution in [3.8, 4) is 11.1 Å². The first kappa shape index (κ1) is 15.5. The van der Waals surface area contributed by atoms with Crippen molar-refractivity contribution in [2.24, 2.45) is 0 Å². The number of nitrogens with zero attached hydrogens (tertiary/aromatic N) is 3. The Morgan fingerprint density at radius 2 is 1.91 bits per heavy atom. The van der Waals surface area contributed by atoms with Gasteiger partial charge in [0, 0.05) is 23.9 Å². The highest BCUT2D eigenvalue weighted by Gasteiger charge is 2.11. The molecule has 0 bridgehead atoms. The fourth-order valence-corrected chi connectivity index (χ4v) is 2.80. The lowest BCUT2D eigenvalue weighted by atomic mass is 10.1. The van der Waals surface area contributed by atoms with Crippen LogP contribution < -0.4 is 5.32 Å². The molecule has 4 heteroatoms. The van der Waals surface area contributed by atoms with E-state index in [4.69, 9.17) is 4.98 Å². The number of unbranched alkanes of at least 4 members (excludes halogenated alkanes) is 3. The van der Waals surface area contributed by atoms with Crippen molar-refractivity contribution in [1.82, 2.24) is 14.6 Å². The maximum Gasteiger partial charge on any atom is 0.165 e. The summed E-state index contributed by atoms with van der Waals surface area (Å²) in [4.78, 5) is 4.69. The molecular weight excluding hydrogens is 284 g/mol. The number of fused-ring (bicyclic) bond motifs is 1. The lowest BCUT2D eigenvalue weighted by Gasteiger charge is -2.09. The summed E-state index contributed by atoms with van der Waals surface area (Å²) < 4.78 is 1.91. The monoisotopic (exact) mass is 308 g/mol. The van der Waals surface area contributed by atoms with Crippen LogP contribution in [0.4, 0.5) is 5.82 Å². The topological polar surface area (TPSA) is 42.2 Å². The second kappa shape index (κ2) is 7.27. The van der Waals surface area contributed by atoms with Gasteiger partial charge in [-0.3, -0.25) is 0 Å². The van der Waals surface area contributed by atoms with Crippen molar-refractivity contribution >= 4 is 11.5 Å². The fraction of sp³-hybridized carbons (Fsp3) is 0.368. The Labute approximate surface area is 137 Å². The molecule has 0 aliphatic heterocycles.